The first-order chi connectivity index (χ1) is 12.3. The highest BCUT2D eigenvalue weighted by atomic mass is 16.6. The van der Waals surface area contributed by atoms with Crippen LogP contribution in [0, 0.1) is 0 Å². The van der Waals surface area contributed by atoms with E-state index < -0.39 is 36.1 Å². The van der Waals surface area contributed by atoms with Crippen molar-refractivity contribution >= 4 is 29.8 Å². The molecule has 0 unspecified atom stereocenters. The lowest BCUT2D eigenvalue weighted by atomic mass is 10.2. The summed E-state index contributed by atoms with van der Waals surface area (Å²) < 4.78 is 22.5. The van der Waals surface area contributed by atoms with Gasteiger partial charge in [-0.05, 0) is 33.1 Å². The van der Waals surface area contributed by atoms with Crippen LogP contribution in [-0.2, 0) is 47.7 Å². The molecule has 0 radical (unpaired) electrons. The lowest BCUT2D eigenvalue weighted by Crippen LogP contribution is -2.40. The number of carbonyl (C=O) groups is 5. The van der Waals surface area contributed by atoms with Crippen molar-refractivity contribution in [2.45, 2.75) is 51.7 Å². The van der Waals surface area contributed by atoms with Crippen LogP contribution in [0.3, 0.4) is 0 Å². The van der Waals surface area contributed by atoms with Gasteiger partial charge in [0.05, 0.1) is 6.61 Å². The van der Waals surface area contributed by atoms with Gasteiger partial charge in [0.2, 0.25) is 0 Å². The molecule has 3 fully saturated rings. The second-order valence-corrected chi connectivity index (χ2v) is 5.51. The minimum atomic E-state index is -0.747. The second kappa shape index (κ2) is 11.1. The minimum Gasteiger partial charge on any atom is -0.466 e. The highest BCUT2D eigenvalue weighted by Gasteiger charge is 2.32. The predicted octanol–water partition coefficient (Wildman–Crippen LogP) is 0.0534. The molecule has 3 aliphatic heterocycles. The van der Waals surface area contributed by atoms with E-state index in [1.807, 2.05) is 0 Å². The van der Waals surface area contributed by atoms with Crippen molar-refractivity contribution < 1.29 is 47.7 Å². The standard InChI is InChI=1S/C6H8O4.C6H10O2.C4H4O4/c1-3-5(7)10-4(2)6(8)9-3;7-6-4-2-1-3-5-8-6;5-3-1-7-4(6)2-8-3/h3-4H,1-2H3;1-5H2;1-2H2/t3-,4-;;/m0../s1. The van der Waals surface area contributed by atoms with Crippen LogP contribution in [-0.4, -0.2) is 61.9 Å². The minimum absolute atomic E-state index is 0.0255. The Morgan fingerprint density at radius 1 is 0.654 bits per heavy atom. The SMILES string of the molecule is C[C@@H]1OC(=O)[C@H](C)OC1=O.O=C1CCCCCO1.O=C1COC(=O)CO1. The first-order valence-electron chi connectivity index (χ1n) is 8.17. The number of rotatable bonds is 0. The summed E-state index contributed by atoms with van der Waals surface area (Å²) in [7, 11) is 0. The Balaban J connectivity index is 0.000000197. The summed E-state index contributed by atoms with van der Waals surface area (Å²) in [6.45, 7) is 3.12. The van der Waals surface area contributed by atoms with Gasteiger partial charge in [0.15, 0.2) is 25.4 Å². The highest BCUT2D eigenvalue weighted by molar-refractivity contribution is 5.86. The van der Waals surface area contributed by atoms with Crippen molar-refractivity contribution in [3.63, 3.8) is 0 Å². The molecule has 0 N–H and O–H groups in total. The third-order valence-electron chi connectivity index (χ3n) is 3.24. The topological polar surface area (TPSA) is 132 Å². The maximum atomic E-state index is 10.7. The van der Waals surface area contributed by atoms with E-state index in [1.54, 1.807) is 0 Å². The number of hydrogen-bond acceptors (Lipinski definition) is 10. The number of ether oxygens (including phenoxy) is 5. The van der Waals surface area contributed by atoms with Crippen molar-refractivity contribution in [2.24, 2.45) is 0 Å². The molecule has 0 spiro atoms. The summed E-state index contributed by atoms with van der Waals surface area (Å²) in [4.78, 5) is 52.0. The molecule has 0 aromatic rings. The average Bonchev–Trinajstić information content (AvgIpc) is 2.85. The number of cyclic esters (lactones) is 5. The smallest absolute Gasteiger partial charge is 0.347 e. The van der Waals surface area contributed by atoms with Gasteiger partial charge >= 0.3 is 29.8 Å². The van der Waals surface area contributed by atoms with Gasteiger partial charge in [-0.15, -0.1) is 0 Å². The van der Waals surface area contributed by atoms with Crippen LogP contribution < -0.4 is 0 Å². The highest BCUT2D eigenvalue weighted by Crippen LogP contribution is 2.08. The fraction of sp³-hybridized carbons (Fsp3) is 0.688. The number of carbonyl (C=O) groups excluding carboxylic acids is 5. The lowest BCUT2D eigenvalue weighted by Gasteiger charge is -2.22. The van der Waals surface area contributed by atoms with E-state index in [1.165, 1.54) is 13.8 Å². The molecule has 146 valence electrons. The van der Waals surface area contributed by atoms with Gasteiger partial charge < -0.3 is 23.7 Å². The van der Waals surface area contributed by atoms with E-state index in [-0.39, 0.29) is 19.2 Å². The zero-order chi connectivity index (χ0) is 19.5. The van der Waals surface area contributed by atoms with Crippen LogP contribution in [0.5, 0.6) is 0 Å². The average molecular weight is 374 g/mol. The maximum absolute atomic E-state index is 10.7. The molecule has 3 heterocycles. The maximum Gasteiger partial charge on any atom is 0.347 e. The lowest BCUT2D eigenvalue weighted by molar-refractivity contribution is -0.191. The zero-order valence-electron chi connectivity index (χ0n) is 14.7. The Morgan fingerprint density at radius 3 is 1.62 bits per heavy atom. The van der Waals surface area contributed by atoms with Gasteiger partial charge in [-0.2, -0.15) is 0 Å². The summed E-state index contributed by atoms with van der Waals surface area (Å²) in [6.07, 6.45) is 2.34. The Bertz CT molecular complexity index is 483. The van der Waals surface area contributed by atoms with E-state index >= 15 is 0 Å². The van der Waals surface area contributed by atoms with E-state index in [0.717, 1.165) is 19.3 Å². The largest absolute Gasteiger partial charge is 0.466 e. The molecule has 0 aromatic carbocycles. The second-order valence-electron chi connectivity index (χ2n) is 5.51. The van der Waals surface area contributed by atoms with E-state index in [9.17, 15) is 24.0 Å². The fourth-order valence-corrected chi connectivity index (χ4v) is 1.80. The van der Waals surface area contributed by atoms with Gasteiger partial charge in [0.1, 0.15) is 0 Å². The molecule has 10 nitrogen and oxygen atoms in total. The van der Waals surface area contributed by atoms with Crippen LogP contribution >= 0.6 is 0 Å². The molecule has 0 aromatic heterocycles. The molecule has 3 aliphatic rings. The van der Waals surface area contributed by atoms with Crippen molar-refractivity contribution in [3.05, 3.63) is 0 Å². The fourth-order valence-electron chi connectivity index (χ4n) is 1.80. The molecular formula is C16H22O10. The first kappa shape index (κ1) is 21.4. The van der Waals surface area contributed by atoms with Crippen LogP contribution in [0.25, 0.3) is 0 Å². The summed E-state index contributed by atoms with van der Waals surface area (Å²) in [5.74, 6) is -1.95. The molecule has 3 saturated heterocycles. The predicted molar refractivity (Wildman–Crippen MR) is 82.5 cm³/mol. The zero-order valence-corrected chi connectivity index (χ0v) is 14.7. The molecule has 26 heavy (non-hydrogen) atoms. The number of hydrogen-bond donors (Lipinski definition) is 0. The van der Waals surface area contributed by atoms with Crippen molar-refractivity contribution in [1.29, 1.82) is 0 Å². The molecule has 2 atom stereocenters. The Kier molecular flexibility index (Phi) is 9.10. The van der Waals surface area contributed by atoms with Crippen LogP contribution in [0.15, 0.2) is 0 Å². The summed E-state index contributed by atoms with van der Waals surface area (Å²) >= 11 is 0. The molecule has 0 bridgehead atoms. The Morgan fingerprint density at radius 2 is 1.15 bits per heavy atom. The molecule has 0 saturated carbocycles. The quantitative estimate of drug-likeness (QED) is 0.423. The normalized spacial score (nSPS) is 25.4. The Hall–Kier alpha value is -2.65. The number of esters is 5. The van der Waals surface area contributed by atoms with Crippen molar-refractivity contribution in [1.82, 2.24) is 0 Å². The van der Waals surface area contributed by atoms with Crippen LogP contribution in [0.4, 0.5) is 0 Å². The van der Waals surface area contributed by atoms with Gasteiger partial charge in [-0.25, -0.2) is 19.2 Å². The summed E-state index contributed by atoms with van der Waals surface area (Å²) in [6, 6.07) is 0. The molecule has 3 rings (SSSR count). The monoisotopic (exact) mass is 374 g/mol. The molecule has 0 aliphatic carbocycles. The summed E-state index contributed by atoms with van der Waals surface area (Å²) in [5.41, 5.74) is 0. The van der Waals surface area contributed by atoms with Gasteiger partial charge in [-0.3, -0.25) is 4.79 Å². The van der Waals surface area contributed by atoms with Gasteiger partial charge in [-0.1, -0.05) is 0 Å². The van der Waals surface area contributed by atoms with E-state index in [0.29, 0.717) is 13.0 Å². The molecule has 10 heteroatoms. The van der Waals surface area contributed by atoms with Gasteiger partial charge in [0, 0.05) is 6.42 Å². The first-order valence-corrected chi connectivity index (χ1v) is 8.17. The van der Waals surface area contributed by atoms with E-state index in [4.69, 9.17) is 4.74 Å². The van der Waals surface area contributed by atoms with Crippen molar-refractivity contribution in [2.75, 3.05) is 19.8 Å². The van der Waals surface area contributed by atoms with Crippen LogP contribution in [0.1, 0.15) is 39.5 Å². The summed E-state index contributed by atoms with van der Waals surface area (Å²) in [5, 5.41) is 0. The molecule has 0 amide bonds. The van der Waals surface area contributed by atoms with Crippen molar-refractivity contribution in [3.8, 4) is 0 Å². The molecular weight excluding hydrogens is 352 g/mol. The van der Waals surface area contributed by atoms with Gasteiger partial charge in [0.25, 0.3) is 0 Å². The van der Waals surface area contributed by atoms with Crippen LogP contribution in [0.2, 0.25) is 0 Å². The van der Waals surface area contributed by atoms with E-state index in [2.05, 4.69) is 18.9 Å². The third-order valence-corrected chi connectivity index (χ3v) is 3.24. The Labute approximate surface area is 150 Å². The third kappa shape index (κ3) is 8.45.